The van der Waals surface area contributed by atoms with Gasteiger partial charge in [0.2, 0.25) is 0 Å². The lowest BCUT2D eigenvalue weighted by atomic mass is 9.97. The Kier molecular flexibility index (Phi) is 11.5. The van der Waals surface area contributed by atoms with E-state index in [9.17, 15) is 35.7 Å². The molecule has 0 radical (unpaired) electrons. The van der Waals surface area contributed by atoms with Crippen molar-refractivity contribution >= 4 is 0 Å². The lowest BCUT2D eigenvalue weighted by Gasteiger charge is -2.45. The van der Waals surface area contributed by atoms with Crippen LogP contribution in [0.15, 0.2) is 0 Å². The summed E-state index contributed by atoms with van der Waals surface area (Å²) in [4.78, 5) is 0. The summed E-state index contributed by atoms with van der Waals surface area (Å²) in [6.45, 7) is 1.23. The van der Waals surface area contributed by atoms with Crippen LogP contribution in [0.4, 0.5) is 0 Å². The van der Waals surface area contributed by atoms with Crippen molar-refractivity contribution in [3.8, 4) is 0 Å². The molecule has 0 saturated carbocycles. The van der Waals surface area contributed by atoms with Gasteiger partial charge in [0.05, 0.1) is 13.2 Å². The third kappa shape index (κ3) is 7.02. The zero-order valence-electron chi connectivity index (χ0n) is 17.9. The van der Waals surface area contributed by atoms with Gasteiger partial charge in [-0.3, -0.25) is 0 Å². The maximum atomic E-state index is 10.5. The molecule has 7 N–H and O–H groups in total. The standard InChI is InChI=1S/C20H38O11/c1-2-3-4-5-6-7-8-28-19-17(27)15(25)18(12(10-22)30-19)31-20-16(26)14(24)13(23)11(9-21)29-20/h11-27H,2-10H2,1H3/t11?,12?,13-,14?,15?,16-,17-,18+,19+,20-/m0/s1. The molecule has 4 unspecified atom stereocenters. The van der Waals surface area contributed by atoms with Gasteiger partial charge in [-0.25, -0.2) is 0 Å². The molecule has 2 aliphatic rings. The van der Waals surface area contributed by atoms with Gasteiger partial charge in [-0.05, 0) is 6.42 Å². The normalized spacial score (nSPS) is 41.4. The van der Waals surface area contributed by atoms with Crippen molar-refractivity contribution in [1.82, 2.24) is 0 Å². The van der Waals surface area contributed by atoms with Crippen molar-refractivity contribution in [3.63, 3.8) is 0 Å². The minimum Gasteiger partial charge on any atom is -0.394 e. The molecule has 31 heavy (non-hydrogen) atoms. The van der Waals surface area contributed by atoms with Crippen LogP contribution in [0.5, 0.6) is 0 Å². The van der Waals surface area contributed by atoms with Crippen LogP contribution in [-0.2, 0) is 18.9 Å². The molecule has 0 aromatic carbocycles. The Bertz CT molecular complexity index is 492. The molecule has 0 bridgehead atoms. The number of rotatable bonds is 12. The van der Waals surface area contributed by atoms with Crippen LogP contribution in [0.25, 0.3) is 0 Å². The van der Waals surface area contributed by atoms with E-state index >= 15 is 0 Å². The van der Waals surface area contributed by atoms with Gasteiger partial charge in [0.15, 0.2) is 12.6 Å². The van der Waals surface area contributed by atoms with Gasteiger partial charge in [0, 0.05) is 6.61 Å². The molecule has 0 amide bonds. The molecule has 0 aromatic heterocycles. The number of unbranched alkanes of at least 4 members (excludes halogenated alkanes) is 5. The number of hydrogen-bond donors (Lipinski definition) is 7. The first-order valence-corrected chi connectivity index (χ1v) is 11.1. The predicted octanol–water partition coefficient (Wildman–Crippen LogP) is -2.01. The topological polar surface area (TPSA) is 179 Å². The number of hydrogen-bond acceptors (Lipinski definition) is 11. The highest BCUT2D eigenvalue weighted by molar-refractivity contribution is 4.94. The summed E-state index contributed by atoms with van der Waals surface area (Å²) in [5, 5.41) is 69.7. The number of ether oxygens (including phenoxy) is 4. The minimum absolute atomic E-state index is 0.316. The molecular weight excluding hydrogens is 416 g/mol. The smallest absolute Gasteiger partial charge is 0.187 e. The van der Waals surface area contributed by atoms with Crippen molar-refractivity contribution in [3.05, 3.63) is 0 Å². The van der Waals surface area contributed by atoms with Crippen molar-refractivity contribution in [2.45, 2.75) is 107 Å². The highest BCUT2D eigenvalue weighted by Crippen LogP contribution is 2.29. The Morgan fingerprint density at radius 3 is 1.87 bits per heavy atom. The van der Waals surface area contributed by atoms with Gasteiger partial charge in [-0.15, -0.1) is 0 Å². The summed E-state index contributed by atoms with van der Waals surface area (Å²) in [6.07, 6.45) is -7.98. The molecule has 2 saturated heterocycles. The van der Waals surface area contributed by atoms with E-state index in [0.29, 0.717) is 6.61 Å². The molecule has 0 aliphatic carbocycles. The first-order valence-electron chi connectivity index (χ1n) is 11.1. The van der Waals surface area contributed by atoms with Crippen LogP contribution in [0.3, 0.4) is 0 Å². The van der Waals surface area contributed by atoms with Crippen molar-refractivity contribution in [2.24, 2.45) is 0 Å². The molecule has 184 valence electrons. The van der Waals surface area contributed by atoms with Crippen LogP contribution >= 0.6 is 0 Å². The maximum Gasteiger partial charge on any atom is 0.187 e. The van der Waals surface area contributed by atoms with E-state index in [4.69, 9.17) is 18.9 Å². The van der Waals surface area contributed by atoms with Crippen molar-refractivity contribution < 1.29 is 54.7 Å². The average molecular weight is 455 g/mol. The minimum atomic E-state index is -1.69. The largest absolute Gasteiger partial charge is 0.394 e. The molecule has 2 heterocycles. The fourth-order valence-electron chi connectivity index (χ4n) is 3.77. The monoisotopic (exact) mass is 454 g/mol. The third-order valence-corrected chi connectivity index (χ3v) is 5.74. The van der Waals surface area contributed by atoms with Crippen molar-refractivity contribution in [1.29, 1.82) is 0 Å². The molecule has 11 nitrogen and oxygen atoms in total. The van der Waals surface area contributed by atoms with Crippen LogP contribution < -0.4 is 0 Å². The van der Waals surface area contributed by atoms with Crippen LogP contribution in [0.2, 0.25) is 0 Å². The molecule has 2 aliphatic heterocycles. The maximum absolute atomic E-state index is 10.5. The van der Waals surface area contributed by atoms with E-state index in [1.54, 1.807) is 0 Å². The lowest BCUT2D eigenvalue weighted by Crippen LogP contribution is -2.64. The number of aliphatic hydroxyl groups is 7. The summed E-state index contributed by atoms with van der Waals surface area (Å²) in [6, 6.07) is 0. The SMILES string of the molecule is CCCCCCCCO[C@@H]1OC(CO)[C@@H](O[C@@H]2OC(CO)[C@H](O)C(O)[C@@H]2O)C(O)[C@@H]1O. The van der Waals surface area contributed by atoms with E-state index in [0.717, 1.165) is 32.1 Å². The second-order valence-corrected chi connectivity index (χ2v) is 8.14. The van der Waals surface area contributed by atoms with Gasteiger partial charge in [-0.1, -0.05) is 39.0 Å². The highest BCUT2D eigenvalue weighted by atomic mass is 16.7. The molecule has 0 spiro atoms. The second kappa shape index (κ2) is 13.3. The van der Waals surface area contributed by atoms with Gasteiger partial charge < -0.3 is 54.7 Å². The van der Waals surface area contributed by atoms with Gasteiger partial charge in [0.25, 0.3) is 0 Å². The molecule has 10 atom stereocenters. The Morgan fingerprint density at radius 1 is 0.645 bits per heavy atom. The van der Waals surface area contributed by atoms with E-state index < -0.39 is 74.6 Å². The zero-order chi connectivity index (χ0) is 23.0. The van der Waals surface area contributed by atoms with Crippen molar-refractivity contribution in [2.75, 3.05) is 19.8 Å². The van der Waals surface area contributed by atoms with Crippen LogP contribution in [0, 0.1) is 0 Å². The van der Waals surface area contributed by atoms with Crippen LogP contribution in [0.1, 0.15) is 45.4 Å². The summed E-state index contributed by atoms with van der Waals surface area (Å²) in [5.74, 6) is 0. The lowest BCUT2D eigenvalue weighted by molar-refractivity contribution is -0.359. The Morgan fingerprint density at radius 2 is 1.23 bits per heavy atom. The summed E-state index contributed by atoms with van der Waals surface area (Å²) in [5.41, 5.74) is 0. The van der Waals surface area contributed by atoms with E-state index in [-0.39, 0.29) is 0 Å². The second-order valence-electron chi connectivity index (χ2n) is 8.14. The first kappa shape index (κ1) is 26.8. The Hall–Kier alpha value is -0.440. The first-order chi connectivity index (χ1) is 14.8. The molecule has 2 fully saturated rings. The Balaban J connectivity index is 1.90. The van der Waals surface area contributed by atoms with Gasteiger partial charge in [0.1, 0.15) is 48.8 Å². The molecule has 0 aromatic rings. The fraction of sp³-hybridized carbons (Fsp3) is 1.00. The predicted molar refractivity (Wildman–Crippen MR) is 106 cm³/mol. The van der Waals surface area contributed by atoms with E-state index in [1.807, 2.05) is 0 Å². The van der Waals surface area contributed by atoms with E-state index in [2.05, 4.69) is 6.92 Å². The van der Waals surface area contributed by atoms with Gasteiger partial charge >= 0.3 is 0 Å². The zero-order valence-corrected chi connectivity index (χ0v) is 17.9. The fourth-order valence-corrected chi connectivity index (χ4v) is 3.77. The molecule has 2 rings (SSSR count). The molecular formula is C20H38O11. The molecule has 11 heteroatoms. The van der Waals surface area contributed by atoms with Crippen LogP contribution in [-0.4, -0.2) is 117 Å². The van der Waals surface area contributed by atoms with Gasteiger partial charge in [-0.2, -0.15) is 0 Å². The highest BCUT2D eigenvalue weighted by Gasteiger charge is 2.50. The summed E-state index contributed by atoms with van der Waals surface area (Å²) < 4.78 is 21.9. The number of aliphatic hydroxyl groups excluding tert-OH is 7. The van der Waals surface area contributed by atoms with E-state index in [1.165, 1.54) is 6.42 Å². The average Bonchev–Trinajstić information content (AvgIpc) is 2.77. The quantitative estimate of drug-likeness (QED) is 0.162. The summed E-state index contributed by atoms with van der Waals surface area (Å²) in [7, 11) is 0. The Labute approximate surface area is 182 Å². The summed E-state index contributed by atoms with van der Waals surface area (Å²) >= 11 is 0. The third-order valence-electron chi connectivity index (χ3n) is 5.74.